The van der Waals surface area contributed by atoms with Crippen molar-refractivity contribution < 1.29 is 18.3 Å². The molecule has 1 rings (SSSR count). The van der Waals surface area contributed by atoms with E-state index in [2.05, 4.69) is 4.72 Å². The quantitative estimate of drug-likeness (QED) is 0.775. The molecule has 5 nitrogen and oxygen atoms in total. The van der Waals surface area contributed by atoms with Gasteiger partial charge < -0.3 is 5.11 Å². The van der Waals surface area contributed by atoms with Crippen LogP contribution in [-0.4, -0.2) is 25.7 Å². The molecule has 17 heavy (non-hydrogen) atoms. The van der Waals surface area contributed by atoms with Crippen molar-refractivity contribution in [1.29, 1.82) is 0 Å². The first kappa shape index (κ1) is 13.2. The lowest BCUT2D eigenvalue weighted by Gasteiger charge is -2.05. The maximum absolute atomic E-state index is 11.0. The summed E-state index contributed by atoms with van der Waals surface area (Å²) in [6.45, 7) is 0. The molecule has 0 unspecified atom stereocenters. The van der Waals surface area contributed by atoms with Crippen molar-refractivity contribution in [1.82, 2.24) is 0 Å². The number of anilines is 1. The largest absolute Gasteiger partial charge is 0.478 e. The highest BCUT2D eigenvalue weighted by Crippen LogP contribution is 2.12. The Morgan fingerprint density at radius 3 is 2.76 bits per heavy atom. The van der Waals surface area contributed by atoms with Crippen molar-refractivity contribution in [2.75, 3.05) is 11.0 Å². The predicted octanol–water partition coefficient (Wildman–Crippen LogP) is 1.24. The molecule has 2 N–H and O–H groups in total. The second-order valence-corrected chi connectivity index (χ2v) is 5.27. The number of carboxylic acid groups (broad SMARTS) is 1. The summed E-state index contributed by atoms with van der Waals surface area (Å²) in [7, 11) is -3.29. The van der Waals surface area contributed by atoms with Gasteiger partial charge in [-0.1, -0.05) is 18.2 Å². The van der Waals surface area contributed by atoms with Crippen LogP contribution < -0.4 is 4.72 Å². The minimum absolute atomic E-state index is 0.436. The second-order valence-electron chi connectivity index (χ2n) is 3.52. The summed E-state index contributed by atoms with van der Waals surface area (Å²) in [6.07, 6.45) is 4.06. The van der Waals surface area contributed by atoms with E-state index in [1.54, 1.807) is 24.3 Å². The molecular weight excluding hydrogens is 242 g/mol. The average molecular weight is 255 g/mol. The first-order valence-corrected chi connectivity index (χ1v) is 6.72. The molecule has 0 heterocycles. The predicted molar refractivity (Wildman–Crippen MR) is 65.4 cm³/mol. The van der Waals surface area contributed by atoms with E-state index < -0.39 is 16.0 Å². The van der Waals surface area contributed by atoms with Gasteiger partial charge in [0.1, 0.15) is 0 Å². The number of benzene rings is 1. The summed E-state index contributed by atoms with van der Waals surface area (Å²) in [4.78, 5) is 10.3. The lowest BCUT2D eigenvalue weighted by Crippen LogP contribution is -2.09. The number of nitrogens with one attached hydrogen (secondary N) is 1. The zero-order valence-corrected chi connectivity index (χ0v) is 10.1. The van der Waals surface area contributed by atoms with Crippen LogP contribution in [-0.2, 0) is 21.2 Å². The van der Waals surface area contributed by atoms with E-state index in [-0.39, 0.29) is 0 Å². The van der Waals surface area contributed by atoms with E-state index in [4.69, 9.17) is 5.11 Å². The van der Waals surface area contributed by atoms with Gasteiger partial charge in [-0.25, -0.2) is 13.2 Å². The number of hydrogen-bond acceptors (Lipinski definition) is 3. The molecule has 0 fully saturated rings. The number of rotatable bonds is 5. The molecule has 0 bridgehead atoms. The van der Waals surface area contributed by atoms with Gasteiger partial charge >= 0.3 is 5.97 Å². The number of sulfonamides is 1. The van der Waals surface area contributed by atoms with Gasteiger partial charge in [-0.2, -0.15) is 0 Å². The Bertz CT molecular complexity index is 534. The molecular formula is C11H13NO4S. The van der Waals surface area contributed by atoms with Crippen LogP contribution in [0.15, 0.2) is 36.4 Å². The molecule has 92 valence electrons. The summed E-state index contributed by atoms with van der Waals surface area (Å²) in [6, 6.07) is 6.79. The fraction of sp³-hybridized carbons (Fsp3) is 0.182. The van der Waals surface area contributed by atoms with Gasteiger partial charge in [0.2, 0.25) is 10.0 Å². The monoisotopic (exact) mass is 255 g/mol. The van der Waals surface area contributed by atoms with Crippen molar-refractivity contribution >= 4 is 21.7 Å². The highest BCUT2D eigenvalue weighted by molar-refractivity contribution is 7.92. The summed E-state index contributed by atoms with van der Waals surface area (Å²) in [5.41, 5.74) is 1.30. The highest BCUT2D eigenvalue weighted by Gasteiger charge is 2.01. The van der Waals surface area contributed by atoms with Crippen LogP contribution in [0.4, 0.5) is 5.69 Å². The molecule has 1 aromatic rings. The first-order valence-electron chi connectivity index (χ1n) is 4.83. The zero-order chi connectivity index (χ0) is 12.9. The van der Waals surface area contributed by atoms with Gasteiger partial charge in [-0.05, 0) is 24.1 Å². The molecule has 0 aliphatic heterocycles. The lowest BCUT2D eigenvalue weighted by atomic mass is 10.1. The van der Waals surface area contributed by atoms with Crippen molar-refractivity contribution in [3.8, 4) is 0 Å². The van der Waals surface area contributed by atoms with Crippen LogP contribution in [0.5, 0.6) is 0 Å². The molecule has 0 aliphatic rings. The third-order valence-electron chi connectivity index (χ3n) is 1.84. The normalized spacial score (nSPS) is 11.6. The fourth-order valence-electron chi connectivity index (χ4n) is 1.27. The SMILES string of the molecule is CS(=O)(=O)Nc1cccc(C/C=C/C(=O)O)c1. The van der Waals surface area contributed by atoms with Crippen molar-refractivity contribution in [3.05, 3.63) is 42.0 Å². The van der Waals surface area contributed by atoms with Crippen molar-refractivity contribution in [2.24, 2.45) is 0 Å². The van der Waals surface area contributed by atoms with E-state index in [9.17, 15) is 13.2 Å². The third-order valence-corrected chi connectivity index (χ3v) is 2.45. The Balaban J connectivity index is 2.76. The summed E-state index contributed by atoms with van der Waals surface area (Å²) < 4.78 is 24.4. The van der Waals surface area contributed by atoms with Gasteiger partial charge in [0.25, 0.3) is 0 Å². The minimum Gasteiger partial charge on any atom is -0.478 e. The third kappa shape index (κ3) is 5.72. The number of carboxylic acids is 1. The number of allylic oxidation sites excluding steroid dienone is 1. The van der Waals surface area contributed by atoms with E-state index in [1.165, 1.54) is 6.08 Å². The lowest BCUT2D eigenvalue weighted by molar-refractivity contribution is -0.131. The highest BCUT2D eigenvalue weighted by atomic mass is 32.2. The van der Waals surface area contributed by atoms with Crippen LogP contribution in [0, 0.1) is 0 Å². The summed E-state index contributed by atoms with van der Waals surface area (Å²) in [5, 5.41) is 8.42. The van der Waals surface area contributed by atoms with Gasteiger partial charge in [0.15, 0.2) is 0 Å². The van der Waals surface area contributed by atoms with Crippen LogP contribution >= 0.6 is 0 Å². The molecule has 1 aromatic carbocycles. The Hall–Kier alpha value is -1.82. The Morgan fingerprint density at radius 2 is 2.18 bits per heavy atom. The second kappa shape index (κ2) is 5.49. The Labute approximate surface area is 99.8 Å². The van der Waals surface area contributed by atoms with E-state index in [1.807, 2.05) is 0 Å². The smallest absolute Gasteiger partial charge is 0.327 e. The Morgan fingerprint density at radius 1 is 1.47 bits per heavy atom. The van der Waals surface area contributed by atoms with E-state index >= 15 is 0 Å². The van der Waals surface area contributed by atoms with Crippen molar-refractivity contribution in [3.63, 3.8) is 0 Å². The minimum atomic E-state index is -3.29. The number of aliphatic carboxylic acids is 1. The molecule has 0 spiro atoms. The molecule has 0 aromatic heterocycles. The van der Waals surface area contributed by atoms with Crippen LogP contribution in [0.25, 0.3) is 0 Å². The molecule has 0 radical (unpaired) electrons. The molecule has 0 saturated carbocycles. The molecule has 0 atom stereocenters. The van der Waals surface area contributed by atoms with E-state index in [0.717, 1.165) is 17.9 Å². The molecule has 0 amide bonds. The van der Waals surface area contributed by atoms with Gasteiger partial charge in [-0.3, -0.25) is 4.72 Å². The maximum atomic E-state index is 11.0. The van der Waals surface area contributed by atoms with Crippen molar-refractivity contribution in [2.45, 2.75) is 6.42 Å². The summed E-state index contributed by atoms with van der Waals surface area (Å²) >= 11 is 0. The zero-order valence-electron chi connectivity index (χ0n) is 9.25. The van der Waals surface area contributed by atoms with Gasteiger partial charge in [0, 0.05) is 11.8 Å². The standard InChI is InChI=1S/C11H13NO4S/c1-17(15,16)12-10-6-2-4-9(8-10)5-3-7-11(13)14/h2-4,6-8,12H,5H2,1H3,(H,13,14)/b7-3+. The molecule has 6 heteroatoms. The van der Waals surface area contributed by atoms with E-state index in [0.29, 0.717) is 12.1 Å². The maximum Gasteiger partial charge on any atom is 0.327 e. The Kier molecular flexibility index (Phi) is 4.28. The molecule has 0 aliphatic carbocycles. The van der Waals surface area contributed by atoms with Crippen LogP contribution in [0.3, 0.4) is 0 Å². The number of carbonyl (C=O) groups is 1. The first-order chi connectivity index (χ1) is 7.87. The summed E-state index contributed by atoms with van der Waals surface area (Å²) in [5.74, 6) is -1.00. The van der Waals surface area contributed by atoms with Crippen LogP contribution in [0.2, 0.25) is 0 Å². The van der Waals surface area contributed by atoms with Gasteiger partial charge in [-0.15, -0.1) is 0 Å². The average Bonchev–Trinajstić information content (AvgIpc) is 2.14. The van der Waals surface area contributed by atoms with Gasteiger partial charge in [0.05, 0.1) is 6.26 Å². The number of hydrogen-bond donors (Lipinski definition) is 2. The van der Waals surface area contributed by atoms with Crippen LogP contribution in [0.1, 0.15) is 5.56 Å². The topological polar surface area (TPSA) is 83.5 Å². The molecule has 0 saturated heterocycles. The fourth-order valence-corrected chi connectivity index (χ4v) is 1.83.